The normalized spacial score (nSPS) is 10.8. The van der Waals surface area contributed by atoms with Crippen LogP contribution in [0.15, 0.2) is 104 Å². The van der Waals surface area contributed by atoms with Gasteiger partial charge in [0.2, 0.25) is 0 Å². The lowest BCUT2D eigenvalue weighted by molar-refractivity contribution is 0.687. The average molecular weight is 499 g/mol. The number of rotatable bonds is 7. The number of benzene rings is 3. The summed E-state index contributed by atoms with van der Waals surface area (Å²) in [4.78, 5) is 0. The second kappa shape index (κ2) is 10.5. The van der Waals surface area contributed by atoms with Crippen molar-refractivity contribution in [3.8, 4) is 16.9 Å². The van der Waals surface area contributed by atoms with Crippen LogP contribution in [-0.4, -0.2) is 24.7 Å². The van der Waals surface area contributed by atoms with Crippen molar-refractivity contribution < 1.29 is 0 Å². The Labute approximate surface area is 214 Å². The molecule has 0 aliphatic carbocycles. The molecule has 0 radical (unpaired) electrons. The van der Waals surface area contributed by atoms with Crippen LogP contribution in [-0.2, 0) is 13.1 Å². The van der Waals surface area contributed by atoms with E-state index in [1.165, 1.54) is 0 Å². The van der Waals surface area contributed by atoms with Gasteiger partial charge in [-0.15, -0.1) is 0 Å². The third-order valence-corrected chi connectivity index (χ3v) is 6.09. The molecule has 0 amide bonds. The lowest BCUT2D eigenvalue weighted by Gasteiger charge is -2.09. The maximum atomic E-state index is 6.27. The molecule has 0 aliphatic heterocycles. The summed E-state index contributed by atoms with van der Waals surface area (Å²) in [5.74, 6) is 0. The Morgan fingerprint density at radius 3 is 2.34 bits per heavy atom. The summed E-state index contributed by atoms with van der Waals surface area (Å²) in [5, 5.41) is 17.0. The molecule has 0 spiro atoms. The highest BCUT2D eigenvalue weighted by Gasteiger charge is 2.13. The van der Waals surface area contributed by atoms with E-state index in [2.05, 4.69) is 27.9 Å². The van der Waals surface area contributed by atoms with Crippen LogP contribution in [0.1, 0.15) is 11.1 Å². The number of hydrogen-bond acceptors (Lipinski definition) is 3. The van der Waals surface area contributed by atoms with Gasteiger partial charge in [0.25, 0.3) is 0 Å². The first-order valence-electron chi connectivity index (χ1n) is 11.2. The van der Waals surface area contributed by atoms with Crippen LogP contribution in [0, 0.1) is 0 Å². The standard InChI is InChI=1S/C27H23ClN6S/c28-25-14-8-7-11-21(25)17-33-19-23(16-30-33)31-27(35)29-15-22-18-34(24-12-5-2-6-13-24)32-26(22)20-9-3-1-4-10-20/h1-14,16,18-19H,15,17H2,(H2,29,31,35). The van der Waals surface area contributed by atoms with Crippen molar-refractivity contribution in [2.24, 2.45) is 0 Å². The molecule has 2 aromatic heterocycles. The maximum absolute atomic E-state index is 6.27. The van der Waals surface area contributed by atoms with Crippen molar-refractivity contribution in [3.05, 3.63) is 120 Å². The van der Waals surface area contributed by atoms with E-state index >= 15 is 0 Å². The zero-order chi connectivity index (χ0) is 24.0. The van der Waals surface area contributed by atoms with Crippen LogP contribution in [0.5, 0.6) is 0 Å². The van der Waals surface area contributed by atoms with Gasteiger partial charge in [-0.05, 0) is 36.0 Å². The summed E-state index contributed by atoms with van der Waals surface area (Å²) in [6, 6.07) is 28.0. The molecule has 8 heteroatoms. The highest BCUT2D eigenvalue weighted by molar-refractivity contribution is 7.80. The first-order valence-corrected chi connectivity index (χ1v) is 11.9. The van der Waals surface area contributed by atoms with Gasteiger partial charge in [0.1, 0.15) is 0 Å². The van der Waals surface area contributed by atoms with E-state index < -0.39 is 0 Å². The lowest BCUT2D eigenvalue weighted by Crippen LogP contribution is -2.27. The number of thiocarbonyl (C=S) groups is 1. The molecule has 2 N–H and O–H groups in total. The molecule has 3 aromatic carbocycles. The van der Waals surface area contributed by atoms with E-state index in [1.807, 2.05) is 94.6 Å². The Morgan fingerprint density at radius 1 is 0.857 bits per heavy atom. The molecule has 0 saturated heterocycles. The molecule has 0 unspecified atom stereocenters. The highest BCUT2D eigenvalue weighted by Crippen LogP contribution is 2.24. The summed E-state index contributed by atoms with van der Waals surface area (Å²) in [7, 11) is 0. The van der Waals surface area contributed by atoms with E-state index in [1.54, 1.807) is 6.20 Å². The highest BCUT2D eigenvalue weighted by atomic mass is 35.5. The molecule has 0 bridgehead atoms. The summed E-state index contributed by atoms with van der Waals surface area (Å²) in [6.45, 7) is 1.11. The molecular weight excluding hydrogens is 476 g/mol. The van der Waals surface area contributed by atoms with E-state index in [0.29, 0.717) is 18.2 Å². The molecule has 0 fully saturated rings. The second-order valence-electron chi connectivity index (χ2n) is 7.97. The molecule has 35 heavy (non-hydrogen) atoms. The van der Waals surface area contributed by atoms with Crippen molar-refractivity contribution in [2.75, 3.05) is 5.32 Å². The van der Waals surface area contributed by atoms with Crippen LogP contribution in [0.2, 0.25) is 5.02 Å². The number of hydrogen-bond donors (Lipinski definition) is 2. The fourth-order valence-corrected chi connectivity index (χ4v) is 4.14. The van der Waals surface area contributed by atoms with Gasteiger partial charge in [0.15, 0.2) is 5.11 Å². The third-order valence-electron chi connectivity index (χ3n) is 5.48. The van der Waals surface area contributed by atoms with Gasteiger partial charge in [-0.3, -0.25) is 4.68 Å². The predicted octanol–water partition coefficient (Wildman–Crippen LogP) is 5.92. The lowest BCUT2D eigenvalue weighted by atomic mass is 10.1. The van der Waals surface area contributed by atoms with E-state index in [9.17, 15) is 0 Å². The van der Waals surface area contributed by atoms with Gasteiger partial charge in [0, 0.05) is 35.1 Å². The third kappa shape index (κ3) is 5.59. The monoisotopic (exact) mass is 498 g/mol. The smallest absolute Gasteiger partial charge is 0.171 e. The maximum Gasteiger partial charge on any atom is 0.171 e. The number of aromatic nitrogens is 4. The van der Waals surface area contributed by atoms with Crippen LogP contribution in [0.25, 0.3) is 16.9 Å². The van der Waals surface area contributed by atoms with Crippen LogP contribution >= 0.6 is 23.8 Å². The average Bonchev–Trinajstić information content (AvgIpc) is 3.52. The molecule has 5 aromatic rings. The van der Waals surface area contributed by atoms with Crippen LogP contribution in [0.4, 0.5) is 5.69 Å². The summed E-state index contributed by atoms with van der Waals surface area (Å²) < 4.78 is 3.72. The predicted molar refractivity (Wildman–Crippen MR) is 145 cm³/mol. The number of nitrogens with one attached hydrogen (secondary N) is 2. The number of anilines is 1. The van der Waals surface area contributed by atoms with Crippen molar-refractivity contribution >= 4 is 34.6 Å². The first kappa shape index (κ1) is 22.8. The van der Waals surface area contributed by atoms with Gasteiger partial charge in [-0.25, -0.2) is 4.68 Å². The van der Waals surface area contributed by atoms with Crippen molar-refractivity contribution in [3.63, 3.8) is 0 Å². The van der Waals surface area contributed by atoms with Gasteiger partial charge >= 0.3 is 0 Å². The molecule has 0 aliphatic rings. The minimum absolute atomic E-state index is 0.508. The Hall–Kier alpha value is -3.94. The molecular formula is C27H23ClN6S. The summed E-state index contributed by atoms with van der Waals surface area (Å²) >= 11 is 11.8. The van der Waals surface area contributed by atoms with Gasteiger partial charge < -0.3 is 10.6 Å². The minimum Gasteiger partial charge on any atom is -0.358 e. The largest absolute Gasteiger partial charge is 0.358 e. The fraction of sp³-hybridized carbons (Fsp3) is 0.0741. The summed E-state index contributed by atoms with van der Waals surface area (Å²) in [5.41, 5.74) is 5.82. The number of nitrogens with zero attached hydrogens (tertiary/aromatic N) is 4. The van der Waals surface area contributed by atoms with Gasteiger partial charge in [-0.1, -0.05) is 78.3 Å². The number of halogens is 1. The van der Waals surface area contributed by atoms with Crippen LogP contribution < -0.4 is 10.6 Å². The van der Waals surface area contributed by atoms with E-state index in [4.69, 9.17) is 28.9 Å². The molecule has 2 heterocycles. The molecule has 174 valence electrons. The van der Waals surface area contributed by atoms with Gasteiger partial charge in [-0.2, -0.15) is 10.2 Å². The topological polar surface area (TPSA) is 59.7 Å². The van der Waals surface area contributed by atoms with Crippen LogP contribution in [0.3, 0.4) is 0 Å². The zero-order valence-electron chi connectivity index (χ0n) is 18.8. The zero-order valence-corrected chi connectivity index (χ0v) is 20.4. The summed E-state index contributed by atoms with van der Waals surface area (Å²) in [6.07, 6.45) is 5.68. The molecule has 0 atom stereocenters. The quantitative estimate of drug-likeness (QED) is 0.272. The van der Waals surface area contributed by atoms with E-state index in [-0.39, 0.29) is 0 Å². The van der Waals surface area contributed by atoms with Gasteiger partial charge in [0.05, 0.1) is 29.8 Å². The van der Waals surface area contributed by atoms with E-state index in [0.717, 1.165) is 38.8 Å². The fourth-order valence-electron chi connectivity index (χ4n) is 3.76. The Kier molecular flexibility index (Phi) is 6.88. The second-order valence-corrected chi connectivity index (χ2v) is 8.79. The first-order chi connectivity index (χ1) is 17.2. The number of para-hydroxylation sites is 1. The van der Waals surface area contributed by atoms with Crippen molar-refractivity contribution in [1.29, 1.82) is 0 Å². The molecule has 0 saturated carbocycles. The van der Waals surface area contributed by atoms with Crippen molar-refractivity contribution in [1.82, 2.24) is 24.9 Å². The molecule has 5 rings (SSSR count). The van der Waals surface area contributed by atoms with Crippen molar-refractivity contribution in [2.45, 2.75) is 13.1 Å². The Balaban J connectivity index is 1.27. The Morgan fingerprint density at radius 2 is 1.57 bits per heavy atom. The Bertz CT molecular complexity index is 1430. The molecule has 6 nitrogen and oxygen atoms in total. The SMILES string of the molecule is S=C(NCc1cn(-c2ccccc2)nc1-c1ccccc1)Nc1cnn(Cc2ccccc2Cl)c1. The minimum atomic E-state index is 0.508.